The lowest BCUT2D eigenvalue weighted by atomic mass is 9.99. The van der Waals surface area contributed by atoms with Crippen molar-refractivity contribution < 1.29 is 0 Å². The average Bonchev–Trinajstić information content (AvgIpc) is 3.88. The summed E-state index contributed by atoms with van der Waals surface area (Å²) in [6, 6.07) is 79.3. The molecule has 5 nitrogen and oxygen atoms in total. The summed E-state index contributed by atoms with van der Waals surface area (Å²) in [5.41, 5.74) is 14.2. The first kappa shape index (κ1) is 35.5. The third-order valence-corrected chi connectivity index (χ3v) is 12.0. The van der Waals surface area contributed by atoms with E-state index in [-0.39, 0.29) is 0 Å². The second kappa shape index (κ2) is 14.7. The summed E-state index contributed by atoms with van der Waals surface area (Å²) in [4.78, 5) is 15.3. The molecule has 0 amide bonds. The van der Waals surface area contributed by atoms with Crippen LogP contribution in [0.2, 0.25) is 0 Å². The van der Waals surface area contributed by atoms with Gasteiger partial charge in [-0.05, 0) is 65.2 Å². The number of hydrogen-bond donors (Lipinski definition) is 0. The molecular formula is C57H37N5. The summed E-state index contributed by atoms with van der Waals surface area (Å²) < 4.78 is 4.77. The molecule has 3 heterocycles. The SMILES string of the molecule is c1ccc(-c2ccc(-c3nc(-c4ccccc4)nc(-c4cccc(-n5c6ccccc6c6cccc(-c7ccc8c(c7)c7ccccc7n8-c7ccccc7)c65)c4)n3)cc2)cc1. The molecule has 62 heavy (non-hydrogen) atoms. The molecule has 0 atom stereocenters. The molecule has 0 aliphatic rings. The molecule has 12 rings (SSSR count). The maximum absolute atomic E-state index is 5.16. The number of para-hydroxylation sites is 4. The number of benzene rings is 9. The Morgan fingerprint density at radius 3 is 1.42 bits per heavy atom. The van der Waals surface area contributed by atoms with Crippen LogP contribution >= 0.6 is 0 Å². The molecule has 3 aromatic heterocycles. The van der Waals surface area contributed by atoms with E-state index in [1.165, 1.54) is 38.1 Å². The summed E-state index contributed by atoms with van der Waals surface area (Å²) in [5.74, 6) is 1.87. The molecule has 0 radical (unpaired) electrons. The highest BCUT2D eigenvalue weighted by Crippen LogP contribution is 2.41. The van der Waals surface area contributed by atoms with Crippen LogP contribution in [0.15, 0.2) is 224 Å². The van der Waals surface area contributed by atoms with Crippen LogP contribution in [0.25, 0.3) is 111 Å². The third kappa shape index (κ3) is 5.98. The largest absolute Gasteiger partial charge is 0.309 e. The standard InChI is InChI=1S/C57H37N5/c1-4-16-38(17-5-1)39-30-32-41(33-31-39)56-58-55(40-18-6-2-7-19-40)59-57(60-56)43-20-14-23-45(36-43)62-52-29-13-10-24-47(52)49-27-15-26-46(54(49)62)42-34-35-53-50(37-42)48-25-11-12-28-51(48)61(53)44-21-8-3-9-22-44/h1-37H. The zero-order valence-corrected chi connectivity index (χ0v) is 33.6. The highest BCUT2D eigenvalue weighted by Gasteiger charge is 2.20. The molecule has 0 fully saturated rings. The lowest BCUT2D eigenvalue weighted by molar-refractivity contribution is 1.07. The minimum Gasteiger partial charge on any atom is -0.309 e. The van der Waals surface area contributed by atoms with Crippen LogP contribution in [0, 0.1) is 0 Å². The van der Waals surface area contributed by atoms with Crippen LogP contribution in [0.5, 0.6) is 0 Å². The highest BCUT2D eigenvalue weighted by atomic mass is 15.0. The normalized spacial score (nSPS) is 11.5. The molecular weight excluding hydrogens is 755 g/mol. The maximum Gasteiger partial charge on any atom is 0.164 e. The van der Waals surface area contributed by atoms with Gasteiger partial charge in [0, 0.05) is 55.2 Å². The van der Waals surface area contributed by atoms with Crippen molar-refractivity contribution in [3.05, 3.63) is 224 Å². The molecule has 0 spiro atoms. The zero-order valence-electron chi connectivity index (χ0n) is 33.6. The fraction of sp³-hybridized carbons (Fsp3) is 0. The molecule has 0 N–H and O–H groups in total. The lowest BCUT2D eigenvalue weighted by Crippen LogP contribution is -2.01. The van der Waals surface area contributed by atoms with Crippen molar-refractivity contribution >= 4 is 43.6 Å². The minimum atomic E-state index is 0.615. The van der Waals surface area contributed by atoms with Crippen LogP contribution in [-0.4, -0.2) is 24.1 Å². The smallest absolute Gasteiger partial charge is 0.164 e. The first-order valence-electron chi connectivity index (χ1n) is 20.9. The molecule has 5 heteroatoms. The monoisotopic (exact) mass is 791 g/mol. The second-order valence-electron chi connectivity index (χ2n) is 15.6. The Morgan fingerprint density at radius 1 is 0.258 bits per heavy atom. The zero-order chi connectivity index (χ0) is 41.0. The van der Waals surface area contributed by atoms with Gasteiger partial charge in [0.05, 0.1) is 22.1 Å². The summed E-state index contributed by atoms with van der Waals surface area (Å²) in [6.07, 6.45) is 0. The first-order chi connectivity index (χ1) is 30.7. The molecule has 9 aromatic carbocycles. The number of nitrogens with zero attached hydrogens (tertiary/aromatic N) is 5. The van der Waals surface area contributed by atoms with E-state index in [1.807, 2.05) is 36.4 Å². The van der Waals surface area contributed by atoms with E-state index >= 15 is 0 Å². The molecule has 290 valence electrons. The fourth-order valence-corrected chi connectivity index (χ4v) is 9.09. The summed E-state index contributed by atoms with van der Waals surface area (Å²) in [5, 5.41) is 4.85. The molecule has 0 bridgehead atoms. The van der Waals surface area contributed by atoms with Gasteiger partial charge in [-0.25, -0.2) is 15.0 Å². The molecule has 0 saturated carbocycles. The van der Waals surface area contributed by atoms with Crippen molar-refractivity contribution in [2.24, 2.45) is 0 Å². The van der Waals surface area contributed by atoms with Crippen LogP contribution in [-0.2, 0) is 0 Å². The third-order valence-electron chi connectivity index (χ3n) is 12.0. The maximum atomic E-state index is 5.16. The number of fused-ring (bicyclic) bond motifs is 6. The number of hydrogen-bond acceptors (Lipinski definition) is 3. The van der Waals surface area contributed by atoms with Crippen molar-refractivity contribution in [1.29, 1.82) is 0 Å². The number of rotatable bonds is 7. The van der Waals surface area contributed by atoms with Crippen LogP contribution < -0.4 is 0 Å². The first-order valence-corrected chi connectivity index (χ1v) is 20.9. The molecule has 0 saturated heterocycles. The fourth-order valence-electron chi connectivity index (χ4n) is 9.09. The van der Waals surface area contributed by atoms with Gasteiger partial charge in [-0.15, -0.1) is 0 Å². The van der Waals surface area contributed by atoms with Gasteiger partial charge in [0.1, 0.15) is 0 Å². The van der Waals surface area contributed by atoms with Gasteiger partial charge >= 0.3 is 0 Å². The lowest BCUT2D eigenvalue weighted by Gasteiger charge is -2.14. The van der Waals surface area contributed by atoms with Gasteiger partial charge in [0.25, 0.3) is 0 Å². The van der Waals surface area contributed by atoms with Gasteiger partial charge in [-0.1, -0.05) is 176 Å². The summed E-state index contributed by atoms with van der Waals surface area (Å²) in [6.45, 7) is 0. The highest BCUT2D eigenvalue weighted by molar-refractivity contribution is 6.15. The average molecular weight is 792 g/mol. The second-order valence-corrected chi connectivity index (χ2v) is 15.6. The minimum absolute atomic E-state index is 0.615. The van der Waals surface area contributed by atoms with E-state index in [0.717, 1.165) is 55.8 Å². The van der Waals surface area contributed by atoms with E-state index in [2.05, 4.69) is 197 Å². The Hall–Kier alpha value is -8.41. The van der Waals surface area contributed by atoms with Gasteiger partial charge in [0.2, 0.25) is 0 Å². The Balaban J connectivity index is 1.03. The van der Waals surface area contributed by atoms with Gasteiger partial charge in [-0.3, -0.25) is 0 Å². The quantitative estimate of drug-likeness (QED) is 0.162. The molecule has 0 aliphatic carbocycles. The van der Waals surface area contributed by atoms with Crippen LogP contribution in [0.1, 0.15) is 0 Å². The Morgan fingerprint density at radius 2 is 0.710 bits per heavy atom. The molecule has 0 unspecified atom stereocenters. The molecule has 12 aromatic rings. The van der Waals surface area contributed by atoms with Crippen molar-refractivity contribution in [2.45, 2.75) is 0 Å². The topological polar surface area (TPSA) is 48.5 Å². The van der Waals surface area contributed by atoms with Gasteiger partial charge in [-0.2, -0.15) is 0 Å². The number of aromatic nitrogens is 5. The predicted molar refractivity (Wildman–Crippen MR) is 256 cm³/mol. The molecule has 0 aliphatic heterocycles. The van der Waals surface area contributed by atoms with Crippen molar-refractivity contribution in [2.75, 3.05) is 0 Å². The Bertz CT molecular complexity index is 3610. The summed E-state index contributed by atoms with van der Waals surface area (Å²) in [7, 11) is 0. The Labute approximate surface area is 358 Å². The Kier molecular flexibility index (Phi) is 8.42. The van der Waals surface area contributed by atoms with Crippen LogP contribution in [0.4, 0.5) is 0 Å². The van der Waals surface area contributed by atoms with Gasteiger partial charge in [0.15, 0.2) is 17.5 Å². The van der Waals surface area contributed by atoms with Crippen molar-refractivity contribution in [1.82, 2.24) is 24.1 Å². The predicted octanol–water partition coefficient (Wildman–Crippen LogP) is 14.4. The van der Waals surface area contributed by atoms with E-state index in [0.29, 0.717) is 17.5 Å². The van der Waals surface area contributed by atoms with E-state index in [1.54, 1.807) is 0 Å². The van der Waals surface area contributed by atoms with Gasteiger partial charge < -0.3 is 9.13 Å². The van der Waals surface area contributed by atoms with E-state index < -0.39 is 0 Å². The van der Waals surface area contributed by atoms with E-state index in [9.17, 15) is 0 Å². The van der Waals surface area contributed by atoms with Crippen LogP contribution in [0.3, 0.4) is 0 Å². The van der Waals surface area contributed by atoms with Crippen molar-refractivity contribution in [3.63, 3.8) is 0 Å². The summed E-state index contributed by atoms with van der Waals surface area (Å²) >= 11 is 0. The van der Waals surface area contributed by atoms with Crippen molar-refractivity contribution in [3.8, 4) is 67.8 Å². The van der Waals surface area contributed by atoms with E-state index in [4.69, 9.17) is 15.0 Å².